The van der Waals surface area contributed by atoms with Crippen LogP contribution >= 0.6 is 0 Å². The second-order valence-electron chi connectivity index (χ2n) is 4.28. The molecule has 0 saturated heterocycles. The van der Waals surface area contributed by atoms with Crippen LogP contribution in [0.3, 0.4) is 0 Å². The summed E-state index contributed by atoms with van der Waals surface area (Å²) in [5.74, 6) is -0.663. The standard InChI is InChI=1S/C13H13NO4/c1-7(2)8-4-3-5-9(12(8)15)11-6-10(13(16)17)14-18-11/h3-7,15H,1-2H3,(H,16,17). The van der Waals surface area contributed by atoms with E-state index >= 15 is 0 Å². The van der Waals surface area contributed by atoms with Crippen molar-refractivity contribution in [3.63, 3.8) is 0 Å². The highest BCUT2D eigenvalue weighted by Gasteiger charge is 2.17. The highest BCUT2D eigenvalue weighted by atomic mass is 16.5. The van der Waals surface area contributed by atoms with Crippen LogP contribution in [0, 0.1) is 0 Å². The number of rotatable bonds is 3. The smallest absolute Gasteiger partial charge is 0.358 e. The van der Waals surface area contributed by atoms with E-state index in [1.807, 2.05) is 19.9 Å². The molecule has 0 fully saturated rings. The van der Waals surface area contributed by atoms with Gasteiger partial charge in [-0.05, 0) is 17.5 Å². The zero-order valence-electron chi connectivity index (χ0n) is 10.0. The molecule has 5 heteroatoms. The number of carbonyl (C=O) groups is 1. The monoisotopic (exact) mass is 247 g/mol. The third kappa shape index (κ3) is 2.07. The topological polar surface area (TPSA) is 83.6 Å². The van der Waals surface area contributed by atoms with Crippen LogP contribution in [0.15, 0.2) is 28.8 Å². The van der Waals surface area contributed by atoms with E-state index in [4.69, 9.17) is 9.63 Å². The maximum Gasteiger partial charge on any atom is 0.358 e. The van der Waals surface area contributed by atoms with Crippen molar-refractivity contribution < 1.29 is 19.5 Å². The average molecular weight is 247 g/mol. The molecule has 0 amide bonds. The highest BCUT2D eigenvalue weighted by molar-refractivity contribution is 5.86. The van der Waals surface area contributed by atoms with Crippen molar-refractivity contribution in [2.75, 3.05) is 0 Å². The summed E-state index contributed by atoms with van der Waals surface area (Å²) in [6, 6.07) is 6.56. The van der Waals surface area contributed by atoms with E-state index in [0.717, 1.165) is 5.56 Å². The Balaban J connectivity index is 2.50. The molecule has 1 heterocycles. The molecular formula is C13H13NO4. The van der Waals surface area contributed by atoms with Gasteiger partial charge in [-0.2, -0.15) is 0 Å². The highest BCUT2D eigenvalue weighted by Crippen LogP contribution is 2.35. The molecule has 1 aromatic heterocycles. The lowest BCUT2D eigenvalue weighted by Crippen LogP contribution is -1.94. The van der Waals surface area contributed by atoms with Crippen LogP contribution in [0.4, 0.5) is 0 Å². The number of phenolic OH excluding ortho intramolecular Hbond substituents is 1. The minimum absolute atomic E-state index is 0.0978. The van der Waals surface area contributed by atoms with Gasteiger partial charge in [-0.3, -0.25) is 0 Å². The molecule has 2 rings (SSSR count). The molecule has 0 aliphatic rings. The number of carboxylic acids is 1. The summed E-state index contributed by atoms with van der Waals surface area (Å²) in [5, 5.41) is 22.3. The van der Waals surface area contributed by atoms with E-state index < -0.39 is 5.97 Å². The maximum atomic E-state index is 10.7. The number of benzene rings is 1. The van der Waals surface area contributed by atoms with Crippen molar-refractivity contribution in [3.8, 4) is 17.1 Å². The molecular weight excluding hydrogens is 234 g/mol. The van der Waals surface area contributed by atoms with Crippen LogP contribution in [0.2, 0.25) is 0 Å². The first kappa shape index (κ1) is 12.2. The number of aromatic carboxylic acids is 1. The molecule has 0 aliphatic heterocycles. The molecule has 0 unspecified atom stereocenters. The van der Waals surface area contributed by atoms with E-state index in [-0.39, 0.29) is 23.1 Å². The first-order valence-corrected chi connectivity index (χ1v) is 5.53. The first-order valence-electron chi connectivity index (χ1n) is 5.53. The van der Waals surface area contributed by atoms with Gasteiger partial charge in [-0.25, -0.2) is 4.79 Å². The van der Waals surface area contributed by atoms with Gasteiger partial charge >= 0.3 is 5.97 Å². The molecule has 2 N–H and O–H groups in total. The lowest BCUT2D eigenvalue weighted by Gasteiger charge is -2.10. The van der Waals surface area contributed by atoms with Gasteiger partial charge in [0.1, 0.15) is 5.75 Å². The lowest BCUT2D eigenvalue weighted by molar-refractivity contribution is 0.0686. The summed E-state index contributed by atoms with van der Waals surface area (Å²) in [6.45, 7) is 3.92. The van der Waals surface area contributed by atoms with Gasteiger partial charge in [0.15, 0.2) is 11.5 Å². The van der Waals surface area contributed by atoms with E-state index in [9.17, 15) is 9.90 Å². The number of nitrogens with zero attached hydrogens (tertiary/aromatic N) is 1. The summed E-state index contributed by atoms with van der Waals surface area (Å²) in [4.78, 5) is 10.7. The fourth-order valence-corrected chi connectivity index (χ4v) is 1.73. The molecule has 94 valence electrons. The molecule has 2 aromatic rings. The summed E-state index contributed by atoms with van der Waals surface area (Å²) in [5.41, 5.74) is 1.04. The van der Waals surface area contributed by atoms with Gasteiger partial charge in [-0.15, -0.1) is 0 Å². The zero-order chi connectivity index (χ0) is 13.3. The normalized spacial score (nSPS) is 10.8. The molecule has 0 spiro atoms. The Morgan fingerprint density at radius 1 is 1.39 bits per heavy atom. The number of phenols is 1. The van der Waals surface area contributed by atoms with Crippen LogP contribution in [0.1, 0.15) is 35.8 Å². The molecule has 1 aromatic carbocycles. The van der Waals surface area contributed by atoms with Crippen molar-refractivity contribution >= 4 is 5.97 Å². The minimum Gasteiger partial charge on any atom is -0.507 e. The van der Waals surface area contributed by atoms with Gasteiger partial charge < -0.3 is 14.7 Å². The Morgan fingerprint density at radius 3 is 2.67 bits per heavy atom. The molecule has 0 aliphatic carbocycles. The van der Waals surface area contributed by atoms with E-state index in [1.165, 1.54) is 6.07 Å². The second-order valence-corrected chi connectivity index (χ2v) is 4.28. The van der Waals surface area contributed by atoms with Crippen LogP contribution < -0.4 is 0 Å². The van der Waals surface area contributed by atoms with Crippen LogP contribution in [0.5, 0.6) is 5.75 Å². The van der Waals surface area contributed by atoms with Gasteiger partial charge in [0.05, 0.1) is 5.56 Å². The van der Waals surface area contributed by atoms with Crippen molar-refractivity contribution in [2.45, 2.75) is 19.8 Å². The summed E-state index contributed by atoms with van der Waals surface area (Å²) < 4.78 is 4.94. The molecule has 0 atom stereocenters. The Labute approximate surface area is 104 Å². The Hall–Kier alpha value is -2.30. The number of aromatic hydroxyl groups is 1. The van der Waals surface area contributed by atoms with Gasteiger partial charge in [0.2, 0.25) is 0 Å². The fraction of sp³-hybridized carbons (Fsp3) is 0.231. The van der Waals surface area contributed by atoms with Crippen molar-refractivity contribution in [3.05, 3.63) is 35.5 Å². The van der Waals surface area contributed by atoms with E-state index in [1.54, 1.807) is 12.1 Å². The third-order valence-electron chi connectivity index (χ3n) is 2.68. The Bertz CT molecular complexity index is 586. The summed E-state index contributed by atoms with van der Waals surface area (Å²) in [7, 11) is 0. The zero-order valence-corrected chi connectivity index (χ0v) is 10.0. The predicted molar refractivity (Wildman–Crippen MR) is 64.7 cm³/mol. The maximum absolute atomic E-state index is 10.7. The first-order chi connectivity index (χ1) is 8.50. The number of hydrogen-bond donors (Lipinski definition) is 2. The predicted octanol–water partition coefficient (Wildman–Crippen LogP) is 2.87. The molecule has 5 nitrogen and oxygen atoms in total. The van der Waals surface area contributed by atoms with Crippen LogP contribution in [-0.2, 0) is 0 Å². The number of aromatic nitrogens is 1. The lowest BCUT2D eigenvalue weighted by atomic mass is 9.98. The van der Waals surface area contributed by atoms with Crippen molar-refractivity contribution in [2.24, 2.45) is 0 Å². The van der Waals surface area contributed by atoms with E-state index in [0.29, 0.717) is 5.56 Å². The van der Waals surface area contributed by atoms with Crippen LogP contribution in [-0.4, -0.2) is 21.3 Å². The average Bonchev–Trinajstić information content (AvgIpc) is 2.78. The third-order valence-corrected chi connectivity index (χ3v) is 2.68. The second kappa shape index (κ2) is 4.52. The van der Waals surface area contributed by atoms with Crippen molar-refractivity contribution in [1.82, 2.24) is 5.16 Å². The van der Waals surface area contributed by atoms with Crippen molar-refractivity contribution in [1.29, 1.82) is 0 Å². The van der Waals surface area contributed by atoms with Gasteiger partial charge in [0.25, 0.3) is 0 Å². The fourth-order valence-electron chi connectivity index (χ4n) is 1.73. The Kier molecular flexibility index (Phi) is 3.06. The number of para-hydroxylation sites is 1. The van der Waals surface area contributed by atoms with Gasteiger partial charge in [0, 0.05) is 6.07 Å². The summed E-state index contributed by atoms with van der Waals surface area (Å²) in [6.07, 6.45) is 0. The number of carboxylic acid groups (broad SMARTS) is 1. The largest absolute Gasteiger partial charge is 0.507 e. The summed E-state index contributed by atoms with van der Waals surface area (Å²) >= 11 is 0. The molecule has 0 bridgehead atoms. The molecule has 0 radical (unpaired) electrons. The van der Waals surface area contributed by atoms with Gasteiger partial charge in [-0.1, -0.05) is 31.1 Å². The quantitative estimate of drug-likeness (QED) is 0.871. The van der Waals surface area contributed by atoms with E-state index in [2.05, 4.69) is 5.16 Å². The Morgan fingerprint density at radius 2 is 2.11 bits per heavy atom. The van der Waals surface area contributed by atoms with Crippen LogP contribution in [0.25, 0.3) is 11.3 Å². The minimum atomic E-state index is -1.16. The SMILES string of the molecule is CC(C)c1cccc(-c2cc(C(=O)O)no2)c1O. The number of hydrogen-bond acceptors (Lipinski definition) is 4. The molecule has 18 heavy (non-hydrogen) atoms. The molecule has 0 saturated carbocycles.